The smallest absolute Gasteiger partial charge is 0.336 e. The molecule has 0 saturated heterocycles. The Morgan fingerprint density at radius 1 is 0.850 bits per heavy atom. The molecule has 0 fully saturated rings. The summed E-state index contributed by atoms with van der Waals surface area (Å²) in [5.41, 5.74) is 1.67. The molecule has 0 radical (unpaired) electrons. The zero-order valence-corrected chi connectivity index (χ0v) is 10.5. The summed E-state index contributed by atoms with van der Waals surface area (Å²) >= 11 is 0. The monoisotopic (exact) mass is 268 g/mol. The molecule has 0 aliphatic heterocycles. The third-order valence-electron chi connectivity index (χ3n) is 2.78. The molecular formula is C16H12O4. The van der Waals surface area contributed by atoms with E-state index in [1.54, 1.807) is 42.5 Å². The van der Waals surface area contributed by atoms with Gasteiger partial charge in [0, 0.05) is 0 Å². The van der Waals surface area contributed by atoms with E-state index < -0.39 is 11.9 Å². The maximum absolute atomic E-state index is 11.1. The fourth-order valence-electron chi connectivity index (χ4n) is 1.80. The van der Waals surface area contributed by atoms with Crippen molar-refractivity contribution in [3.05, 3.63) is 70.8 Å². The lowest BCUT2D eigenvalue weighted by Gasteiger charge is -2.00. The maximum atomic E-state index is 11.1. The number of carbonyl (C=O) groups is 2. The number of hydrogen-bond donors (Lipinski definition) is 2. The summed E-state index contributed by atoms with van der Waals surface area (Å²) in [6.07, 6.45) is 3.35. The molecule has 0 amide bonds. The van der Waals surface area contributed by atoms with Crippen molar-refractivity contribution in [3.63, 3.8) is 0 Å². The first-order valence-electron chi connectivity index (χ1n) is 5.91. The molecule has 0 atom stereocenters. The topological polar surface area (TPSA) is 74.6 Å². The summed E-state index contributed by atoms with van der Waals surface area (Å²) in [5, 5.41) is 18.0. The molecule has 0 saturated carbocycles. The molecule has 0 unspecified atom stereocenters. The Balaban J connectivity index is 2.32. The van der Waals surface area contributed by atoms with Crippen molar-refractivity contribution in [1.29, 1.82) is 0 Å². The number of benzene rings is 2. The highest BCUT2D eigenvalue weighted by molar-refractivity contribution is 5.93. The summed E-state index contributed by atoms with van der Waals surface area (Å²) in [5.74, 6) is -1.99. The van der Waals surface area contributed by atoms with Gasteiger partial charge in [0.2, 0.25) is 0 Å². The zero-order valence-electron chi connectivity index (χ0n) is 10.5. The average Bonchev–Trinajstić information content (AvgIpc) is 2.45. The van der Waals surface area contributed by atoms with E-state index in [-0.39, 0.29) is 11.1 Å². The van der Waals surface area contributed by atoms with Crippen molar-refractivity contribution in [2.75, 3.05) is 0 Å². The first-order valence-corrected chi connectivity index (χ1v) is 5.91. The molecule has 0 heterocycles. The first kappa shape index (κ1) is 13.5. The third kappa shape index (κ3) is 3.11. The van der Waals surface area contributed by atoms with Gasteiger partial charge in [-0.15, -0.1) is 0 Å². The van der Waals surface area contributed by atoms with Crippen LogP contribution in [0.5, 0.6) is 0 Å². The molecule has 20 heavy (non-hydrogen) atoms. The van der Waals surface area contributed by atoms with Crippen molar-refractivity contribution in [2.45, 2.75) is 0 Å². The summed E-state index contributed by atoms with van der Waals surface area (Å²) in [6.45, 7) is 0. The number of aromatic carboxylic acids is 2. The van der Waals surface area contributed by atoms with Crippen molar-refractivity contribution in [3.8, 4) is 0 Å². The van der Waals surface area contributed by atoms with E-state index in [1.807, 2.05) is 0 Å². The molecular weight excluding hydrogens is 256 g/mol. The molecule has 4 heteroatoms. The fraction of sp³-hybridized carbons (Fsp3) is 0. The Morgan fingerprint density at radius 3 is 2.30 bits per heavy atom. The van der Waals surface area contributed by atoms with Crippen LogP contribution in [0.2, 0.25) is 0 Å². The van der Waals surface area contributed by atoms with E-state index in [9.17, 15) is 9.59 Å². The summed E-state index contributed by atoms with van der Waals surface area (Å²) in [7, 11) is 0. The van der Waals surface area contributed by atoms with E-state index in [1.165, 1.54) is 18.2 Å². The Labute approximate surface area is 115 Å². The van der Waals surface area contributed by atoms with Gasteiger partial charge in [-0.2, -0.15) is 0 Å². The molecule has 2 N–H and O–H groups in total. The second-order valence-electron chi connectivity index (χ2n) is 4.16. The van der Waals surface area contributed by atoms with E-state index >= 15 is 0 Å². The molecule has 0 aliphatic carbocycles. The predicted octanol–water partition coefficient (Wildman–Crippen LogP) is 3.25. The normalized spacial score (nSPS) is 10.6. The Hall–Kier alpha value is -2.88. The van der Waals surface area contributed by atoms with Gasteiger partial charge in [0.25, 0.3) is 0 Å². The lowest BCUT2D eigenvalue weighted by atomic mass is 10.1. The van der Waals surface area contributed by atoms with Crippen LogP contribution in [0, 0.1) is 0 Å². The molecule has 0 aliphatic rings. The summed E-state index contributed by atoms with van der Waals surface area (Å²) in [6, 6.07) is 13.1. The van der Waals surface area contributed by atoms with Crippen LogP contribution in [0.4, 0.5) is 0 Å². The minimum absolute atomic E-state index is 0.193. The van der Waals surface area contributed by atoms with E-state index in [2.05, 4.69) is 0 Å². The van der Waals surface area contributed by atoms with E-state index in [0.29, 0.717) is 11.1 Å². The average molecular weight is 268 g/mol. The SMILES string of the molecule is O=C(O)c1cccc(/C=C\c2ccccc2C(=O)O)c1. The fourth-order valence-corrected chi connectivity index (χ4v) is 1.80. The minimum Gasteiger partial charge on any atom is -0.478 e. The second kappa shape index (κ2) is 5.84. The van der Waals surface area contributed by atoms with Gasteiger partial charge in [-0.05, 0) is 29.3 Å². The van der Waals surface area contributed by atoms with E-state index in [0.717, 1.165) is 0 Å². The van der Waals surface area contributed by atoms with Gasteiger partial charge in [-0.3, -0.25) is 0 Å². The van der Waals surface area contributed by atoms with Crippen LogP contribution in [-0.2, 0) is 0 Å². The maximum Gasteiger partial charge on any atom is 0.336 e. The van der Waals surface area contributed by atoms with Gasteiger partial charge >= 0.3 is 11.9 Å². The molecule has 2 aromatic rings. The van der Waals surface area contributed by atoms with Crippen LogP contribution in [-0.4, -0.2) is 22.2 Å². The Bertz CT molecular complexity index is 686. The van der Waals surface area contributed by atoms with Crippen LogP contribution >= 0.6 is 0 Å². The van der Waals surface area contributed by atoms with Crippen LogP contribution < -0.4 is 0 Å². The third-order valence-corrected chi connectivity index (χ3v) is 2.78. The number of rotatable bonds is 4. The molecule has 0 bridgehead atoms. The van der Waals surface area contributed by atoms with E-state index in [4.69, 9.17) is 10.2 Å². The number of carboxylic acids is 2. The van der Waals surface area contributed by atoms with Crippen LogP contribution in [0.3, 0.4) is 0 Å². The van der Waals surface area contributed by atoms with Gasteiger partial charge in [0.05, 0.1) is 11.1 Å². The molecule has 4 nitrogen and oxygen atoms in total. The highest BCUT2D eigenvalue weighted by atomic mass is 16.4. The zero-order chi connectivity index (χ0) is 14.5. The first-order chi connectivity index (χ1) is 9.58. The van der Waals surface area contributed by atoms with Crippen molar-refractivity contribution in [1.82, 2.24) is 0 Å². The highest BCUT2D eigenvalue weighted by Crippen LogP contribution is 2.14. The predicted molar refractivity (Wildman–Crippen MR) is 75.7 cm³/mol. The number of carboxylic acid groups (broad SMARTS) is 2. The van der Waals surface area contributed by atoms with Gasteiger partial charge in [0.15, 0.2) is 0 Å². The minimum atomic E-state index is -0.996. The standard InChI is InChI=1S/C16H12O4/c17-15(18)13-6-3-4-11(10-13)8-9-12-5-1-2-7-14(12)16(19)20/h1-10H,(H,17,18)(H,19,20)/b9-8-. The molecule has 2 aromatic carbocycles. The van der Waals surface area contributed by atoms with Crippen molar-refractivity contribution < 1.29 is 19.8 Å². The quantitative estimate of drug-likeness (QED) is 0.835. The molecule has 2 rings (SSSR count). The second-order valence-corrected chi connectivity index (χ2v) is 4.16. The van der Waals surface area contributed by atoms with Crippen molar-refractivity contribution >= 4 is 24.1 Å². The highest BCUT2D eigenvalue weighted by Gasteiger charge is 2.06. The molecule has 0 spiro atoms. The van der Waals surface area contributed by atoms with Gasteiger partial charge in [0.1, 0.15) is 0 Å². The Morgan fingerprint density at radius 2 is 1.60 bits per heavy atom. The van der Waals surface area contributed by atoms with Crippen molar-refractivity contribution in [2.24, 2.45) is 0 Å². The molecule has 100 valence electrons. The van der Waals surface area contributed by atoms with Gasteiger partial charge in [-0.25, -0.2) is 9.59 Å². The van der Waals surface area contributed by atoms with Gasteiger partial charge < -0.3 is 10.2 Å². The Kier molecular flexibility index (Phi) is 3.96. The summed E-state index contributed by atoms with van der Waals surface area (Å²) in [4.78, 5) is 21.9. The number of hydrogen-bond acceptors (Lipinski definition) is 2. The van der Waals surface area contributed by atoms with Crippen LogP contribution in [0.15, 0.2) is 48.5 Å². The molecule has 0 aromatic heterocycles. The lowest BCUT2D eigenvalue weighted by Crippen LogP contribution is -1.98. The summed E-state index contributed by atoms with van der Waals surface area (Å²) < 4.78 is 0. The largest absolute Gasteiger partial charge is 0.478 e. The van der Waals surface area contributed by atoms with Crippen LogP contribution in [0.1, 0.15) is 31.8 Å². The van der Waals surface area contributed by atoms with Crippen LogP contribution in [0.25, 0.3) is 12.2 Å². The van der Waals surface area contributed by atoms with Gasteiger partial charge in [-0.1, -0.05) is 42.5 Å². The lowest BCUT2D eigenvalue weighted by molar-refractivity contribution is 0.0686.